The number of methoxy groups -OCH3 is 1. The molecule has 0 spiro atoms. The van der Waals surface area contributed by atoms with E-state index in [-0.39, 0.29) is 17.0 Å². The smallest absolute Gasteiger partial charge is 0.320 e. The highest BCUT2D eigenvalue weighted by Gasteiger charge is 2.49. The van der Waals surface area contributed by atoms with E-state index in [9.17, 15) is 14.7 Å². The number of nitrogens with zero attached hydrogens (tertiary/aromatic N) is 1. The fourth-order valence-corrected chi connectivity index (χ4v) is 3.31. The molecule has 1 unspecified atom stereocenters. The van der Waals surface area contributed by atoms with Crippen LogP contribution in [0.15, 0.2) is 0 Å². The number of rotatable bonds is 3. The topological polar surface area (TPSA) is 66.8 Å². The van der Waals surface area contributed by atoms with Crippen LogP contribution in [-0.2, 0) is 14.3 Å². The first-order chi connectivity index (χ1) is 8.53. The minimum atomic E-state index is -1.09. The third-order valence-corrected chi connectivity index (χ3v) is 4.53. The number of carbonyl (C=O) groups excluding carboxylic acids is 1. The lowest BCUT2D eigenvalue weighted by Gasteiger charge is -2.54. The van der Waals surface area contributed by atoms with E-state index in [0.29, 0.717) is 12.8 Å². The number of carboxylic acids is 1. The first-order valence-electron chi connectivity index (χ1n) is 6.57. The van der Waals surface area contributed by atoms with Crippen molar-refractivity contribution in [1.82, 2.24) is 4.90 Å². The van der Waals surface area contributed by atoms with Crippen LogP contribution < -0.4 is 0 Å². The largest absolute Gasteiger partial charge is 0.481 e. The predicted octanol–water partition coefficient (Wildman–Crippen LogP) is 1.76. The van der Waals surface area contributed by atoms with Crippen molar-refractivity contribution in [3.63, 3.8) is 0 Å². The third kappa shape index (κ3) is 3.08. The summed E-state index contributed by atoms with van der Waals surface area (Å²) in [7, 11) is 3.29. The van der Waals surface area contributed by atoms with Gasteiger partial charge in [-0.25, -0.2) is 0 Å². The molecule has 0 saturated carbocycles. The van der Waals surface area contributed by atoms with Crippen molar-refractivity contribution >= 4 is 11.9 Å². The molecule has 110 valence electrons. The number of likely N-dealkylation sites (tertiary alicyclic amines) is 1. The molecular formula is C14H25NO4. The summed E-state index contributed by atoms with van der Waals surface area (Å²) in [6.45, 7) is 8.32. The lowest BCUT2D eigenvalue weighted by atomic mass is 9.69. The molecule has 0 aromatic carbocycles. The Morgan fingerprint density at radius 2 is 1.63 bits per heavy atom. The maximum absolute atomic E-state index is 11.7. The molecule has 1 atom stereocenters. The zero-order valence-electron chi connectivity index (χ0n) is 12.7. The van der Waals surface area contributed by atoms with Crippen LogP contribution in [0.5, 0.6) is 0 Å². The van der Waals surface area contributed by atoms with Crippen LogP contribution in [0.25, 0.3) is 0 Å². The fraction of sp³-hybridized carbons (Fsp3) is 0.857. The summed E-state index contributed by atoms with van der Waals surface area (Å²) >= 11 is 0. The summed E-state index contributed by atoms with van der Waals surface area (Å²) in [6, 6.07) is 0. The molecule has 0 amide bonds. The van der Waals surface area contributed by atoms with Gasteiger partial charge in [-0.05, 0) is 53.5 Å². The molecule has 1 aliphatic rings. The second kappa shape index (κ2) is 5.12. The highest BCUT2D eigenvalue weighted by molar-refractivity contribution is 5.94. The molecule has 0 aromatic rings. The molecule has 1 heterocycles. The number of esters is 1. The van der Waals surface area contributed by atoms with Crippen molar-refractivity contribution < 1.29 is 19.4 Å². The van der Waals surface area contributed by atoms with Gasteiger partial charge < -0.3 is 9.84 Å². The molecule has 0 aromatic heterocycles. The molecule has 5 nitrogen and oxygen atoms in total. The average Bonchev–Trinajstić information content (AvgIpc) is 2.24. The lowest BCUT2D eigenvalue weighted by Crippen LogP contribution is -2.60. The summed E-state index contributed by atoms with van der Waals surface area (Å²) in [5.74, 6) is -3.01. The van der Waals surface area contributed by atoms with Crippen LogP contribution in [-0.4, -0.2) is 47.2 Å². The first-order valence-corrected chi connectivity index (χ1v) is 6.57. The minimum Gasteiger partial charge on any atom is -0.481 e. The Labute approximate surface area is 114 Å². The lowest BCUT2D eigenvalue weighted by molar-refractivity contribution is -0.163. The Bertz CT molecular complexity index is 358. The molecule has 1 saturated heterocycles. The van der Waals surface area contributed by atoms with E-state index < -0.39 is 17.9 Å². The maximum atomic E-state index is 11.7. The van der Waals surface area contributed by atoms with E-state index >= 15 is 0 Å². The molecule has 1 aliphatic heterocycles. The van der Waals surface area contributed by atoms with Crippen LogP contribution in [0, 0.1) is 11.8 Å². The van der Waals surface area contributed by atoms with Gasteiger partial charge in [0, 0.05) is 11.1 Å². The molecule has 0 aliphatic carbocycles. The van der Waals surface area contributed by atoms with Gasteiger partial charge in [0.25, 0.3) is 0 Å². The molecular weight excluding hydrogens is 246 g/mol. The number of aliphatic carboxylic acids is 1. The number of ether oxygens (including phenoxy) is 1. The van der Waals surface area contributed by atoms with Crippen molar-refractivity contribution in [2.75, 3.05) is 14.2 Å². The summed E-state index contributed by atoms with van der Waals surface area (Å²) in [5.41, 5.74) is -0.289. The van der Waals surface area contributed by atoms with E-state index in [4.69, 9.17) is 0 Å². The van der Waals surface area contributed by atoms with Crippen LogP contribution in [0.4, 0.5) is 0 Å². The van der Waals surface area contributed by atoms with E-state index in [2.05, 4.69) is 37.3 Å². The molecule has 0 bridgehead atoms. The monoisotopic (exact) mass is 271 g/mol. The number of carboxylic acid groups (broad SMARTS) is 1. The standard InChI is InChI=1S/C14H25NO4/c1-13(2)7-9(8-14(3,4)15(13)5)10(11(16)17)12(18)19-6/h9-10H,7-8H2,1-6H3,(H,16,17). The summed E-state index contributed by atoms with van der Waals surface area (Å²) in [4.78, 5) is 25.4. The van der Waals surface area contributed by atoms with E-state index in [1.165, 1.54) is 7.11 Å². The first kappa shape index (κ1) is 16.0. The van der Waals surface area contributed by atoms with Crippen LogP contribution in [0.1, 0.15) is 40.5 Å². The molecule has 1 N–H and O–H groups in total. The highest BCUT2D eigenvalue weighted by atomic mass is 16.5. The number of hydrogen-bond donors (Lipinski definition) is 1. The highest BCUT2D eigenvalue weighted by Crippen LogP contribution is 2.43. The number of piperidine rings is 1. The van der Waals surface area contributed by atoms with Gasteiger partial charge in [-0.2, -0.15) is 0 Å². The minimum absolute atomic E-state index is 0.145. The van der Waals surface area contributed by atoms with E-state index in [1.807, 2.05) is 7.05 Å². The zero-order valence-corrected chi connectivity index (χ0v) is 12.7. The molecule has 19 heavy (non-hydrogen) atoms. The predicted molar refractivity (Wildman–Crippen MR) is 71.8 cm³/mol. The molecule has 1 fully saturated rings. The Morgan fingerprint density at radius 3 is 1.95 bits per heavy atom. The third-order valence-electron chi connectivity index (χ3n) is 4.53. The van der Waals surface area contributed by atoms with Crippen LogP contribution >= 0.6 is 0 Å². The van der Waals surface area contributed by atoms with Gasteiger partial charge in [-0.1, -0.05) is 0 Å². The Balaban J connectivity index is 3.07. The Morgan fingerprint density at radius 1 is 1.21 bits per heavy atom. The van der Waals surface area contributed by atoms with Crippen molar-refractivity contribution in [3.05, 3.63) is 0 Å². The SMILES string of the molecule is COC(=O)C(C(=O)O)C1CC(C)(C)N(C)C(C)(C)C1. The van der Waals surface area contributed by atoms with E-state index in [0.717, 1.165) is 0 Å². The van der Waals surface area contributed by atoms with Gasteiger partial charge in [-0.15, -0.1) is 0 Å². The normalized spacial score (nSPS) is 24.7. The fourth-order valence-electron chi connectivity index (χ4n) is 3.31. The van der Waals surface area contributed by atoms with Gasteiger partial charge >= 0.3 is 11.9 Å². The van der Waals surface area contributed by atoms with Gasteiger partial charge in [-0.3, -0.25) is 14.5 Å². The van der Waals surface area contributed by atoms with Gasteiger partial charge in [0.2, 0.25) is 0 Å². The molecule has 0 radical (unpaired) electrons. The van der Waals surface area contributed by atoms with Crippen molar-refractivity contribution in [2.24, 2.45) is 11.8 Å². The summed E-state index contributed by atoms with van der Waals surface area (Å²) < 4.78 is 4.66. The van der Waals surface area contributed by atoms with Crippen molar-refractivity contribution in [1.29, 1.82) is 0 Å². The van der Waals surface area contributed by atoms with Crippen molar-refractivity contribution in [3.8, 4) is 0 Å². The Hall–Kier alpha value is -1.10. The van der Waals surface area contributed by atoms with Gasteiger partial charge in [0.1, 0.15) is 0 Å². The summed E-state index contributed by atoms with van der Waals surface area (Å²) in [5, 5.41) is 9.32. The second-order valence-electron chi connectivity index (χ2n) is 6.69. The average molecular weight is 271 g/mol. The summed E-state index contributed by atoms with van der Waals surface area (Å²) in [6.07, 6.45) is 1.33. The van der Waals surface area contributed by atoms with Gasteiger partial charge in [0.15, 0.2) is 5.92 Å². The second-order valence-corrected chi connectivity index (χ2v) is 6.69. The Kier molecular flexibility index (Phi) is 4.30. The van der Waals surface area contributed by atoms with Crippen LogP contribution in [0.2, 0.25) is 0 Å². The van der Waals surface area contributed by atoms with E-state index in [1.54, 1.807) is 0 Å². The molecule has 1 rings (SSSR count). The number of carbonyl (C=O) groups is 2. The van der Waals surface area contributed by atoms with Crippen LogP contribution in [0.3, 0.4) is 0 Å². The van der Waals surface area contributed by atoms with Crippen molar-refractivity contribution in [2.45, 2.75) is 51.6 Å². The maximum Gasteiger partial charge on any atom is 0.320 e. The molecule has 5 heteroatoms. The number of hydrogen-bond acceptors (Lipinski definition) is 4. The zero-order chi connectivity index (χ0) is 15.0. The van der Waals surface area contributed by atoms with Gasteiger partial charge in [0.05, 0.1) is 7.11 Å². The quantitative estimate of drug-likeness (QED) is 0.626.